The molecule has 0 atom stereocenters. The smallest absolute Gasteiger partial charge is 0.278 e. The molecule has 11 nitrogen and oxygen atoms in total. The molecule has 5 heterocycles. The Kier molecular flexibility index (Phi) is 4.44. The number of pyridine rings is 1. The summed E-state index contributed by atoms with van der Waals surface area (Å²) in [5.74, 6) is 0.742. The monoisotopic (exact) mass is 500 g/mol. The first-order valence-corrected chi connectivity index (χ1v) is 12.8. The summed E-state index contributed by atoms with van der Waals surface area (Å²) in [6, 6.07) is 6.91. The number of H-pyrrole nitrogens is 1. The van der Waals surface area contributed by atoms with Gasteiger partial charge >= 0.3 is 0 Å². The first kappa shape index (κ1) is 19.0. The number of methoxy groups -OCH3 is 1. The van der Waals surface area contributed by atoms with Crippen LogP contribution in [0.1, 0.15) is 16.1 Å². The third kappa shape index (κ3) is 3.81. The summed E-state index contributed by atoms with van der Waals surface area (Å²) in [4.78, 5) is 10.5. The number of hydrogen-bond donors (Lipinski definition) is 2. The van der Waals surface area contributed by atoms with Crippen molar-refractivity contribution < 1.29 is 22.0 Å². The first-order valence-electron chi connectivity index (χ1n) is 12.8. The fourth-order valence-electron chi connectivity index (χ4n) is 5.23. The summed E-state index contributed by atoms with van der Waals surface area (Å²) < 4.78 is 60.6. The minimum absolute atomic E-state index is 0.0229. The normalized spacial score (nSPS) is 21.0. The lowest BCUT2D eigenvalue weighted by molar-refractivity contribution is 0.0807. The number of nitrogens with one attached hydrogen (secondary N) is 2. The molecule has 3 aliphatic heterocycles. The molecule has 12 heteroatoms. The van der Waals surface area contributed by atoms with E-state index in [0.29, 0.717) is 48.7 Å². The minimum Gasteiger partial charge on any atom is -0.493 e. The molecule has 35 heavy (non-hydrogen) atoms. The Morgan fingerprint density at radius 2 is 2.17 bits per heavy atom. The Labute approximate surface area is 207 Å². The maximum absolute atomic E-state index is 13.2. The summed E-state index contributed by atoms with van der Waals surface area (Å²) in [5.41, 5.74) is 2.88. The molecule has 0 bridgehead atoms. The summed E-state index contributed by atoms with van der Waals surface area (Å²) in [5, 5.41) is 9.66. The zero-order valence-electron chi connectivity index (χ0n) is 22.1. The predicted molar refractivity (Wildman–Crippen MR) is 128 cm³/mol. The number of aromatic amines is 1. The highest BCUT2D eigenvalue weighted by Gasteiger charge is 2.51. The summed E-state index contributed by atoms with van der Waals surface area (Å²) >= 11 is 0. The van der Waals surface area contributed by atoms with Crippen molar-refractivity contribution in [3.05, 3.63) is 36.0 Å². The lowest BCUT2D eigenvalue weighted by Gasteiger charge is -2.46. The molecular weight excluding hydrogens is 470 g/mol. The number of ether oxygens (including phenoxy) is 2. The maximum atomic E-state index is 13.2. The highest BCUT2D eigenvalue weighted by atomic mass is 32.2. The average molecular weight is 501 g/mol. The van der Waals surface area contributed by atoms with Gasteiger partial charge < -0.3 is 19.7 Å². The van der Waals surface area contributed by atoms with Crippen LogP contribution in [0.4, 0.5) is 11.6 Å². The topological polar surface area (TPSA) is 126 Å². The summed E-state index contributed by atoms with van der Waals surface area (Å²) in [6.07, 6.45) is 3.06. The van der Waals surface area contributed by atoms with E-state index in [1.165, 1.54) is 16.6 Å². The third-order valence-electron chi connectivity index (χ3n) is 6.97. The molecular formula is C23H27N7O4S. The lowest BCUT2D eigenvalue weighted by Crippen LogP contribution is -2.59. The largest absolute Gasteiger partial charge is 0.493 e. The van der Waals surface area contributed by atoms with E-state index in [-0.39, 0.29) is 22.4 Å². The first-order chi connectivity index (χ1) is 18.0. The van der Waals surface area contributed by atoms with Gasteiger partial charge in [0.05, 0.1) is 23.4 Å². The van der Waals surface area contributed by atoms with Crippen LogP contribution in [0.5, 0.6) is 11.6 Å². The van der Waals surface area contributed by atoms with Crippen molar-refractivity contribution in [1.82, 2.24) is 29.4 Å². The number of fused-ring (bicyclic) bond motifs is 1. The highest BCUT2D eigenvalue weighted by Crippen LogP contribution is 2.42. The van der Waals surface area contributed by atoms with Crippen LogP contribution >= 0.6 is 0 Å². The van der Waals surface area contributed by atoms with Gasteiger partial charge in [0, 0.05) is 54.9 Å². The average Bonchev–Trinajstić information content (AvgIpc) is 3.57. The molecule has 6 rings (SSSR count). The van der Waals surface area contributed by atoms with E-state index in [0.717, 1.165) is 25.1 Å². The fraction of sp³-hybridized carbons (Fsp3) is 0.435. The molecule has 2 aromatic heterocycles. The Morgan fingerprint density at radius 3 is 2.97 bits per heavy atom. The van der Waals surface area contributed by atoms with Crippen molar-refractivity contribution in [2.24, 2.45) is 5.41 Å². The van der Waals surface area contributed by atoms with Crippen molar-refractivity contribution >= 4 is 21.7 Å². The molecule has 0 aliphatic carbocycles. The molecule has 2 fully saturated rings. The fourth-order valence-corrected chi connectivity index (χ4v) is 6.73. The maximum Gasteiger partial charge on any atom is 0.278 e. The Hall–Kier alpha value is -3.22. The van der Waals surface area contributed by atoms with Crippen molar-refractivity contribution in [3.8, 4) is 22.8 Å². The number of hydrogen-bond acceptors (Lipinski definition) is 9. The van der Waals surface area contributed by atoms with Gasteiger partial charge in [-0.3, -0.25) is 0 Å². The van der Waals surface area contributed by atoms with E-state index in [2.05, 4.69) is 30.4 Å². The number of nitrogens with zero attached hydrogens (tertiary/aromatic N) is 5. The van der Waals surface area contributed by atoms with Crippen LogP contribution in [0.3, 0.4) is 0 Å². The Bertz CT molecular complexity index is 1490. The second-order valence-electron chi connectivity index (χ2n) is 9.40. The van der Waals surface area contributed by atoms with E-state index in [4.69, 9.17) is 13.6 Å². The summed E-state index contributed by atoms with van der Waals surface area (Å²) in [6.45, 7) is 3.30. The Morgan fingerprint density at radius 1 is 1.29 bits per heavy atom. The van der Waals surface area contributed by atoms with Crippen LogP contribution in [-0.2, 0) is 16.4 Å². The third-order valence-corrected chi connectivity index (χ3v) is 8.58. The van der Waals surface area contributed by atoms with Crippen molar-refractivity contribution in [1.29, 1.82) is 0 Å². The van der Waals surface area contributed by atoms with Gasteiger partial charge in [-0.1, -0.05) is 0 Å². The van der Waals surface area contributed by atoms with Gasteiger partial charge in [0.15, 0.2) is 0 Å². The van der Waals surface area contributed by atoms with Gasteiger partial charge in [-0.2, -0.15) is 9.29 Å². The molecule has 1 spiro atoms. The van der Waals surface area contributed by atoms with Gasteiger partial charge in [0.2, 0.25) is 11.8 Å². The standard InChI is InChI=1S/C23H27N7O4S/c1-29-9-7-23(12-29)13-30(14-23)35(31,32)22-26-21(27-28-22)25-20-16(3-4-18-17(20)6-10-34-18)15-5-8-24-19(11-15)33-2/h3-5,8,11H,6-7,9-10,12-14H2,1-2H3,(H2,25,26,27,28)/i2D3. The SMILES string of the molecule is [2H]C([2H])([2H])Oc1cc(-c2ccc3c(c2Nc2n[nH]c(S(=O)(=O)N4CC5(CCN(C)C5)C4)n2)CCO3)ccn1. The Balaban J connectivity index is 1.28. The molecule has 3 aliphatic rings. The molecule has 0 saturated carbocycles. The molecule has 2 saturated heterocycles. The summed E-state index contributed by atoms with van der Waals surface area (Å²) in [7, 11) is -4.40. The van der Waals surface area contributed by atoms with Crippen LogP contribution in [0.2, 0.25) is 0 Å². The predicted octanol–water partition coefficient (Wildman–Crippen LogP) is 1.88. The molecule has 184 valence electrons. The van der Waals surface area contributed by atoms with E-state index < -0.39 is 17.1 Å². The van der Waals surface area contributed by atoms with Crippen molar-refractivity contribution in [2.75, 3.05) is 52.2 Å². The van der Waals surface area contributed by atoms with Gasteiger partial charge in [-0.15, -0.1) is 5.10 Å². The zero-order valence-corrected chi connectivity index (χ0v) is 19.9. The van der Waals surface area contributed by atoms with Gasteiger partial charge in [0.1, 0.15) is 5.75 Å². The van der Waals surface area contributed by atoms with Crippen LogP contribution < -0.4 is 14.8 Å². The van der Waals surface area contributed by atoms with Gasteiger partial charge in [-0.25, -0.2) is 18.5 Å². The number of aromatic nitrogens is 4. The van der Waals surface area contributed by atoms with Crippen LogP contribution in [0, 0.1) is 5.41 Å². The highest BCUT2D eigenvalue weighted by molar-refractivity contribution is 7.89. The van der Waals surface area contributed by atoms with Gasteiger partial charge in [-0.05, 0) is 43.8 Å². The zero-order chi connectivity index (χ0) is 26.7. The minimum atomic E-state index is -3.81. The molecule has 0 unspecified atom stereocenters. The number of rotatable bonds is 6. The number of likely N-dealkylation sites (tertiary alicyclic amines) is 1. The molecule has 3 aromatic rings. The number of sulfonamides is 1. The van der Waals surface area contributed by atoms with Gasteiger partial charge in [0.25, 0.3) is 15.2 Å². The number of anilines is 2. The number of benzene rings is 1. The van der Waals surface area contributed by atoms with Crippen LogP contribution in [0.25, 0.3) is 11.1 Å². The molecule has 0 amide bonds. The second kappa shape index (κ2) is 8.18. The van der Waals surface area contributed by atoms with E-state index in [1.807, 2.05) is 19.2 Å². The van der Waals surface area contributed by atoms with E-state index >= 15 is 0 Å². The molecule has 2 N–H and O–H groups in total. The van der Waals surface area contributed by atoms with Crippen LogP contribution in [0.15, 0.2) is 35.6 Å². The van der Waals surface area contributed by atoms with Crippen molar-refractivity contribution in [2.45, 2.75) is 18.0 Å². The molecule has 0 radical (unpaired) electrons. The van der Waals surface area contributed by atoms with Crippen molar-refractivity contribution in [3.63, 3.8) is 0 Å². The van der Waals surface area contributed by atoms with Crippen LogP contribution in [-0.4, -0.2) is 84.7 Å². The van der Waals surface area contributed by atoms with E-state index in [1.54, 1.807) is 6.07 Å². The second-order valence-corrected chi connectivity index (χ2v) is 11.3. The quantitative estimate of drug-likeness (QED) is 0.522. The lowest BCUT2D eigenvalue weighted by atomic mass is 9.81. The van der Waals surface area contributed by atoms with E-state index in [9.17, 15) is 8.42 Å². The molecule has 1 aromatic carbocycles.